The molecule has 2 aliphatic rings. The second kappa shape index (κ2) is 13.0. The minimum Gasteiger partial charge on any atom is -0.477 e. The molecule has 0 unspecified atom stereocenters. The molecule has 0 bridgehead atoms. The van der Waals surface area contributed by atoms with E-state index in [0.29, 0.717) is 25.0 Å². The highest BCUT2D eigenvalue weighted by molar-refractivity contribution is 5.88. The van der Waals surface area contributed by atoms with Gasteiger partial charge in [-0.3, -0.25) is 10.6 Å². The number of rotatable bonds is 8. The number of anilines is 3. The molecule has 218 valence electrons. The van der Waals surface area contributed by atoms with Gasteiger partial charge in [0.2, 0.25) is 11.8 Å². The lowest BCUT2D eigenvalue weighted by molar-refractivity contribution is -0.0279. The van der Waals surface area contributed by atoms with Crippen LogP contribution in [0.4, 0.5) is 31.6 Å². The van der Waals surface area contributed by atoms with Gasteiger partial charge >= 0.3 is 12.1 Å². The van der Waals surface area contributed by atoms with Gasteiger partial charge in [0.15, 0.2) is 5.82 Å². The maximum Gasteiger partial charge on any atom is 0.413 e. The lowest BCUT2D eigenvalue weighted by Crippen LogP contribution is -2.55. The van der Waals surface area contributed by atoms with Crippen LogP contribution in [-0.2, 0) is 4.74 Å². The van der Waals surface area contributed by atoms with Crippen LogP contribution in [0.25, 0.3) is 0 Å². The average Bonchev–Trinajstić information content (AvgIpc) is 2.95. The third kappa shape index (κ3) is 7.23. The number of piperidine rings is 2. The van der Waals surface area contributed by atoms with Gasteiger partial charge in [-0.25, -0.2) is 28.9 Å². The zero-order valence-corrected chi connectivity index (χ0v) is 23.5. The predicted octanol–water partition coefficient (Wildman–Crippen LogP) is 3.17. The van der Waals surface area contributed by atoms with Gasteiger partial charge in [-0.05, 0) is 32.9 Å². The summed E-state index contributed by atoms with van der Waals surface area (Å²) < 4.78 is 26.1. The number of hydrogen-bond donors (Lipinski definition) is 2. The van der Waals surface area contributed by atoms with Crippen LogP contribution in [-0.4, -0.2) is 107 Å². The summed E-state index contributed by atoms with van der Waals surface area (Å²) in [5.74, 6) is 1.18. The van der Waals surface area contributed by atoms with E-state index >= 15 is 0 Å². The van der Waals surface area contributed by atoms with Crippen molar-refractivity contribution in [3.8, 4) is 5.88 Å². The van der Waals surface area contributed by atoms with Gasteiger partial charge in [0.05, 0.1) is 25.0 Å². The van der Waals surface area contributed by atoms with Gasteiger partial charge in [-0.1, -0.05) is 6.92 Å². The fourth-order valence-corrected chi connectivity index (χ4v) is 4.85. The molecule has 13 nitrogen and oxygen atoms in total. The minimum absolute atomic E-state index is 0.167. The van der Waals surface area contributed by atoms with Crippen molar-refractivity contribution < 1.29 is 23.5 Å². The summed E-state index contributed by atoms with van der Waals surface area (Å²) in [5.41, 5.74) is -0.495. The first-order valence-corrected chi connectivity index (χ1v) is 13.6. The molecule has 2 N–H and O–H groups in total. The van der Waals surface area contributed by atoms with Crippen molar-refractivity contribution in [2.45, 2.75) is 57.3 Å². The van der Waals surface area contributed by atoms with Gasteiger partial charge < -0.3 is 24.2 Å². The van der Waals surface area contributed by atoms with E-state index in [-0.39, 0.29) is 24.6 Å². The number of urea groups is 1. The van der Waals surface area contributed by atoms with Gasteiger partial charge in [-0.15, -0.1) is 0 Å². The standard InChI is InChI=1S/C26H38FN9O4/c1-5-26(9-13-34(3)14-10-26)40-25(38)33-20-7-11-28-23(31-20)36-12-8-18(27)19(17-36)35(4)24(37)32-21-15-30-22(16-29-21)39-6-2/h7,11,15-16,18-19H,5-6,8-10,12-14,17H2,1-4H3,(H,29,32,37)(H,28,31,33,38)/t18-,19+/m1/s1. The third-order valence-electron chi connectivity index (χ3n) is 7.48. The summed E-state index contributed by atoms with van der Waals surface area (Å²) in [4.78, 5) is 47.9. The molecule has 4 rings (SSSR count). The number of carbonyl (C=O) groups is 2. The topological polar surface area (TPSA) is 138 Å². The lowest BCUT2D eigenvalue weighted by Gasteiger charge is -2.39. The van der Waals surface area contributed by atoms with Crippen LogP contribution in [0, 0.1) is 0 Å². The van der Waals surface area contributed by atoms with Crippen LogP contribution in [0.15, 0.2) is 24.7 Å². The molecule has 0 aromatic carbocycles. The Balaban J connectivity index is 1.36. The van der Waals surface area contributed by atoms with Crippen LogP contribution >= 0.6 is 0 Å². The molecule has 0 spiro atoms. The molecule has 2 fully saturated rings. The molecule has 2 saturated heterocycles. The number of halogens is 1. The van der Waals surface area contributed by atoms with Crippen molar-refractivity contribution >= 4 is 29.7 Å². The summed E-state index contributed by atoms with van der Waals surface area (Å²) in [6, 6.07) is 0.295. The molecule has 0 aliphatic carbocycles. The Labute approximate surface area is 233 Å². The third-order valence-corrected chi connectivity index (χ3v) is 7.48. The maximum atomic E-state index is 15.0. The van der Waals surface area contributed by atoms with Crippen molar-refractivity contribution in [2.24, 2.45) is 0 Å². The first-order chi connectivity index (χ1) is 19.2. The summed E-state index contributed by atoms with van der Waals surface area (Å²) >= 11 is 0. The number of likely N-dealkylation sites (N-methyl/N-ethyl adjacent to an activating group) is 1. The highest BCUT2D eigenvalue weighted by Crippen LogP contribution is 2.30. The number of carbonyl (C=O) groups excluding carboxylic acids is 2. The molecular weight excluding hydrogens is 521 g/mol. The Morgan fingerprint density at radius 2 is 1.90 bits per heavy atom. The first-order valence-electron chi connectivity index (χ1n) is 13.6. The molecule has 0 saturated carbocycles. The van der Waals surface area contributed by atoms with Crippen molar-refractivity contribution in [3.63, 3.8) is 0 Å². The maximum absolute atomic E-state index is 15.0. The fourth-order valence-electron chi connectivity index (χ4n) is 4.85. The summed E-state index contributed by atoms with van der Waals surface area (Å²) in [6.07, 6.45) is 4.96. The molecule has 2 aromatic rings. The first kappa shape index (κ1) is 29.2. The van der Waals surface area contributed by atoms with Crippen LogP contribution in [0.5, 0.6) is 5.88 Å². The lowest BCUT2D eigenvalue weighted by atomic mass is 9.89. The van der Waals surface area contributed by atoms with Gasteiger partial charge in [0.25, 0.3) is 0 Å². The number of nitrogens with one attached hydrogen (secondary N) is 2. The largest absolute Gasteiger partial charge is 0.477 e. The number of alkyl halides is 1. The van der Waals surface area contributed by atoms with Crippen molar-refractivity contribution in [1.82, 2.24) is 29.7 Å². The van der Waals surface area contributed by atoms with E-state index in [1.807, 2.05) is 13.8 Å². The SMILES string of the molecule is CCOc1cnc(NC(=O)N(C)[C@H]2CN(c3nccc(NC(=O)OC4(CC)CCN(C)CC4)n3)CC[C@H]2F)cn1. The zero-order valence-electron chi connectivity index (χ0n) is 23.5. The van der Waals surface area contributed by atoms with E-state index in [0.717, 1.165) is 32.4 Å². The quantitative estimate of drug-likeness (QED) is 0.496. The number of aromatic nitrogens is 4. The summed E-state index contributed by atoms with van der Waals surface area (Å²) in [7, 11) is 3.58. The molecule has 3 amide bonds. The molecule has 4 heterocycles. The predicted molar refractivity (Wildman–Crippen MR) is 147 cm³/mol. The van der Waals surface area contributed by atoms with E-state index in [1.165, 1.54) is 30.5 Å². The molecule has 14 heteroatoms. The second-order valence-corrected chi connectivity index (χ2v) is 10.1. The smallest absolute Gasteiger partial charge is 0.413 e. The molecule has 40 heavy (non-hydrogen) atoms. The van der Waals surface area contributed by atoms with Crippen molar-refractivity contribution in [2.75, 3.05) is 62.4 Å². The molecule has 2 atom stereocenters. The number of hydrogen-bond acceptors (Lipinski definition) is 10. The van der Waals surface area contributed by atoms with Crippen molar-refractivity contribution in [3.05, 3.63) is 24.7 Å². The number of ether oxygens (including phenoxy) is 2. The van der Waals surface area contributed by atoms with E-state index in [4.69, 9.17) is 9.47 Å². The second-order valence-electron chi connectivity index (χ2n) is 10.1. The van der Waals surface area contributed by atoms with Crippen molar-refractivity contribution in [1.29, 1.82) is 0 Å². The van der Waals surface area contributed by atoms with Crippen LogP contribution in [0.3, 0.4) is 0 Å². The Bertz CT molecular complexity index is 1150. The van der Waals surface area contributed by atoms with Gasteiger partial charge in [0.1, 0.15) is 17.6 Å². The van der Waals surface area contributed by atoms with E-state index < -0.39 is 29.9 Å². The zero-order chi connectivity index (χ0) is 28.7. The van der Waals surface area contributed by atoms with Crippen LogP contribution < -0.4 is 20.3 Å². The highest BCUT2D eigenvalue weighted by Gasteiger charge is 2.37. The van der Waals surface area contributed by atoms with Crippen LogP contribution in [0.1, 0.15) is 39.5 Å². The Morgan fingerprint density at radius 3 is 2.58 bits per heavy atom. The van der Waals surface area contributed by atoms with E-state index in [2.05, 4.69) is 42.5 Å². The number of likely N-dealkylation sites (tertiary alicyclic amines) is 1. The minimum atomic E-state index is -1.24. The van der Waals surface area contributed by atoms with Crippen LogP contribution in [0.2, 0.25) is 0 Å². The Kier molecular flexibility index (Phi) is 9.50. The summed E-state index contributed by atoms with van der Waals surface area (Å²) in [5, 5.41) is 5.35. The Morgan fingerprint density at radius 1 is 1.12 bits per heavy atom. The highest BCUT2D eigenvalue weighted by atomic mass is 19.1. The average molecular weight is 560 g/mol. The fraction of sp³-hybridized carbons (Fsp3) is 0.615. The normalized spacial score (nSPS) is 20.9. The number of nitrogens with zero attached hydrogens (tertiary/aromatic N) is 7. The number of amides is 3. The molecule has 2 aromatic heterocycles. The summed E-state index contributed by atoms with van der Waals surface area (Å²) in [6.45, 7) is 6.56. The van der Waals surface area contributed by atoms with E-state index in [9.17, 15) is 14.0 Å². The molecule has 0 radical (unpaired) electrons. The monoisotopic (exact) mass is 559 g/mol. The van der Waals surface area contributed by atoms with Gasteiger partial charge in [-0.2, -0.15) is 4.98 Å². The Hall–Kier alpha value is -3.81. The van der Waals surface area contributed by atoms with E-state index in [1.54, 1.807) is 11.0 Å². The van der Waals surface area contributed by atoms with Gasteiger partial charge in [0, 0.05) is 52.3 Å². The molecular formula is C26H38FN9O4. The molecule has 2 aliphatic heterocycles.